The Labute approximate surface area is 78.6 Å². The van der Waals surface area contributed by atoms with E-state index in [1.807, 2.05) is 0 Å². The summed E-state index contributed by atoms with van der Waals surface area (Å²) in [5.41, 5.74) is 2.78. The van der Waals surface area contributed by atoms with Crippen molar-refractivity contribution in [1.29, 1.82) is 0 Å². The van der Waals surface area contributed by atoms with E-state index in [0.29, 0.717) is 6.17 Å². The van der Waals surface area contributed by atoms with Crippen molar-refractivity contribution in [2.75, 3.05) is 11.9 Å². The molecule has 2 heteroatoms. The molecule has 0 spiro atoms. The minimum Gasteiger partial charge on any atom is -0.369 e. The molecule has 0 aromatic heterocycles. The molecule has 2 heterocycles. The Balaban J connectivity index is 1.97. The number of nitrogens with zero attached hydrogens (tertiary/aromatic N) is 1. The normalized spacial score (nSPS) is 26.3. The van der Waals surface area contributed by atoms with Crippen molar-refractivity contribution in [1.82, 2.24) is 4.90 Å². The monoisotopic (exact) mass is 174 g/mol. The van der Waals surface area contributed by atoms with E-state index in [1.54, 1.807) is 0 Å². The molecule has 0 amide bonds. The third kappa shape index (κ3) is 1.13. The Morgan fingerprint density at radius 1 is 1.31 bits per heavy atom. The molecule has 1 unspecified atom stereocenters. The summed E-state index contributed by atoms with van der Waals surface area (Å²) in [5.74, 6) is 0. The second-order valence-electron chi connectivity index (χ2n) is 3.93. The predicted octanol–water partition coefficient (Wildman–Crippen LogP) is 2.03. The van der Waals surface area contributed by atoms with Crippen LogP contribution in [0, 0.1) is 0 Å². The first-order valence-corrected chi connectivity index (χ1v) is 5.02. The van der Waals surface area contributed by atoms with Gasteiger partial charge < -0.3 is 5.32 Å². The molecule has 2 aliphatic heterocycles. The summed E-state index contributed by atoms with van der Waals surface area (Å²) in [7, 11) is 0. The SMILES string of the molecule is c1ccc2c(c1)CN1CCCC1N2. The van der Waals surface area contributed by atoms with Crippen LogP contribution in [0.15, 0.2) is 24.3 Å². The van der Waals surface area contributed by atoms with Crippen molar-refractivity contribution >= 4 is 5.69 Å². The summed E-state index contributed by atoms with van der Waals surface area (Å²) in [6.07, 6.45) is 3.25. The molecule has 1 N–H and O–H groups in total. The maximum Gasteiger partial charge on any atom is 0.0796 e. The summed E-state index contributed by atoms with van der Waals surface area (Å²) >= 11 is 0. The lowest BCUT2D eigenvalue weighted by Gasteiger charge is -2.32. The minimum atomic E-state index is 0.606. The van der Waals surface area contributed by atoms with Crippen LogP contribution in [0.25, 0.3) is 0 Å². The van der Waals surface area contributed by atoms with Gasteiger partial charge in [0.1, 0.15) is 0 Å². The summed E-state index contributed by atoms with van der Waals surface area (Å²) < 4.78 is 0. The molecular formula is C11H14N2. The van der Waals surface area contributed by atoms with Crippen LogP contribution in [-0.2, 0) is 6.54 Å². The smallest absolute Gasteiger partial charge is 0.0796 e. The molecule has 1 atom stereocenters. The lowest BCUT2D eigenvalue weighted by molar-refractivity contribution is 0.257. The van der Waals surface area contributed by atoms with Gasteiger partial charge in [0.25, 0.3) is 0 Å². The number of rotatable bonds is 0. The van der Waals surface area contributed by atoms with E-state index >= 15 is 0 Å². The van der Waals surface area contributed by atoms with Crippen LogP contribution in [0.4, 0.5) is 5.69 Å². The molecule has 2 aliphatic rings. The van der Waals surface area contributed by atoms with E-state index in [4.69, 9.17) is 0 Å². The van der Waals surface area contributed by atoms with Crippen molar-refractivity contribution in [3.8, 4) is 0 Å². The van der Waals surface area contributed by atoms with E-state index in [-0.39, 0.29) is 0 Å². The summed E-state index contributed by atoms with van der Waals surface area (Å²) in [6.45, 7) is 2.39. The molecule has 3 rings (SSSR count). The van der Waals surface area contributed by atoms with Crippen LogP contribution in [0.3, 0.4) is 0 Å². The Kier molecular flexibility index (Phi) is 1.56. The fourth-order valence-electron chi connectivity index (χ4n) is 2.38. The van der Waals surface area contributed by atoms with Gasteiger partial charge in [-0.25, -0.2) is 0 Å². The van der Waals surface area contributed by atoms with E-state index in [0.717, 1.165) is 6.54 Å². The van der Waals surface area contributed by atoms with Crippen LogP contribution in [-0.4, -0.2) is 17.6 Å². The second-order valence-corrected chi connectivity index (χ2v) is 3.93. The Hall–Kier alpha value is -1.02. The lowest BCUT2D eigenvalue weighted by Crippen LogP contribution is -2.39. The molecule has 1 aromatic carbocycles. The number of fused-ring (bicyclic) bond motifs is 2. The van der Waals surface area contributed by atoms with Gasteiger partial charge in [-0.1, -0.05) is 18.2 Å². The van der Waals surface area contributed by atoms with Crippen LogP contribution in [0.2, 0.25) is 0 Å². The Bertz CT molecular complexity index is 291. The van der Waals surface area contributed by atoms with Crippen molar-refractivity contribution in [3.63, 3.8) is 0 Å². The van der Waals surface area contributed by atoms with Crippen LogP contribution < -0.4 is 5.32 Å². The van der Waals surface area contributed by atoms with Gasteiger partial charge >= 0.3 is 0 Å². The molecule has 2 nitrogen and oxygen atoms in total. The highest BCUT2D eigenvalue weighted by atomic mass is 15.3. The Morgan fingerprint density at radius 3 is 3.23 bits per heavy atom. The summed E-state index contributed by atoms with van der Waals surface area (Å²) in [4.78, 5) is 2.53. The summed E-state index contributed by atoms with van der Waals surface area (Å²) in [6, 6.07) is 8.63. The number of hydrogen-bond acceptors (Lipinski definition) is 2. The number of anilines is 1. The number of hydrogen-bond donors (Lipinski definition) is 1. The fourth-order valence-corrected chi connectivity index (χ4v) is 2.38. The third-order valence-electron chi connectivity index (χ3n) is 3.08. The third-order valence-corrected chi connectivity index (χ3v) is 3.08. The molecule has 1 aromatic rings. The molecule has 1 fully saturated rings. The average molecular weight is 174 g/mol. The summed E-state index contributed by atoms with van der Waals surface area (Å²) in [5, 5.41) is 3.58. The minimum absolute atomic E-state index is 0.606. The van der Waals surface area contributed by atoms with Gasteiger partial charge in [-0.15, -0.1) is 0 Å². The number of benzene rings is 1. The van der Waals surface area contributed by atoms with E-state index in [1.165, 1.54) is 30.6 Å². The van der Waals surface area contributed by atoms with Crippen LogP contribution in [0.5, 0.6) is 0 Å². The van der Waals surface area contributed by atoms with E-state index in [2.05, 4.69) is 34.5 Å². The van der Waals surface area contributed by atoms with Gasteiger partial charge in [-0.2, -0.15) is 0 Å². The van der Waals surface area contributed by atoms with Crippen molar-refractivity contribution in [3.05, 3.63) is 29.8 Å². The van der Waals surface area contributed by atoms with Gasteiger partial charge in [0, 0.05) is 18.8 Å². The maximum atomic E-state index is 3.58. The predicted molar refractivity (Wildman–Crippen MR) is 53.5 cm³/mol. The second kappa shape index (κ2) is 2.74. The molecule has 0 aliphatic carbocycles. The van der Waals surface area contributed by atoms with E-state index in [9.17, 15) is 0 Å². The first-order chi connectivity index (χ1) is 6.43. The zero-order valence-electron chi connectivity index (χ0n) is 7.66. The number of para-hydroxylation sites is 1. The molecule has 0 bridgehead atoms. The molecule has 0 saturated carbocycles. The van der Waals surface area contributed by atoms with E-state index < -0.39 is 0 Å². The molecule has 68 valence electrons. The van der Waals surface area contributed by atoms with Crippen molar-refractivity contribution < 1.29 is 0 Å². The quantitative estimate of drug-likeness (QED) is 0.647. The fraction of sp³-hybridized carbons (Fsp3) is 0.455. The van der Waals surface area contributed by atoms with Crippen molar-refractivity contribution in [2.45, 2.75) is 25.6 Å². The largest absolute Gasteiger partial charge is 0.369 e. The van der Waals surface area contributed by atoms with Gasteiger partial charge in [0.05, 0.1) is 6.17 Å². The first kappa shape index (κ1) is 7.39. The maximum absolute atomic E-state index is 3.58. The van der Waals surface area contributed by atoms with Gasteiger partial charge in [-0.3, -0.25) is 4.90 Å². The topological polar surface area (TPSA) is 15.3 Å². The van der Waals surface area contributed by atoms with Gasteiger partial charge in [0.15, 0.2) is 0 Å². The standard InChI is InChI=1S/C11H14N2/c1-2-5-10-9(4-1)8-13-7-3-6-11(13)12-10/h1-2,4-5,11-12H,3,6-8H2. The molecule has 13 heavy (non-hydrogen) atoms. The molecule has 1 saturated heterocycles. The average Bonchev–Trinajstić information content (AvgIpc) is 2.61. The van der Waals surface area contributed by atoms with Gasteiger partial charge in [0.2, 0.25) is 0 Å². The highest BCUT2D eigenvalue weighted by Gasteiger charge is 2.28. The molecular weight excluding hydrogens is 160 g/mol. The molecule has 0 radical (unpaired) electrons. The first-order valence-electron chi connectivity index (χ1n) is 5.02. The van der Waals surface area contributed by atoms with Gasteiger partial charge in [-0.05, 0) is 24.5 Å². The zero-order chi connectivity index (χ0) is 8.67. The van der Waals surface area contributed by atoms with Crippen LogP contribution >= 0.6 is 0 Å². The Morgan fingerprint density at radius 2 is 2.23 bits per heavy atom. The van der Waals surface area contributed by atoms with Crippen molar-refractivity contribution in [2.24, 2.45) is 0 Å². The highest BCUT2D eigenvalue weighted by Crippen LogP contribution is 2.29. The van der Waals surface area contributed by atoms with Crippen LogP contribution in [0.1, 0.15) is 18.4 Å². The number of nitrogens with one attached hydrogen (secondary N) is 1. The zero-order valence-corrected chi connectivity index (χ0v) is 7.66. The highest BCUT2D eigenvalue weighted by molar-refractivity contribution is 5.53. The lowest BCUT2D eigenvalue weighted by atomic mass is 10.1.